The summed E-state index contributed by atoms with van der Waals surface area (Å²) >= 11 is 0. The average Bonchev–Trinajstić information content (AvgIpc) is 3.09. The van der Waals surface area contributed by atoms with E-state index in [1.165, 1.54) is 7.11 Å². The third kappa shape index (κ3) is 2.09. The highest BCUT2D eigenvalue weighted by atomic mass is 16.5. The minimum atomic E-state index is -0.652. The van der Waals surface area contributed by atoms with E-state index in [4.69, 9.17) is 23.7 Å². The molecule has 6 nitrogen and oxygen atoms in total. The summed E-state index contributed by atoms with van der Waals surface area (Å²) < 4.78 is 28.7. The first kappa shape index (κ1) is 19.7. The summed E-state index contributed by atoms with van der Waals surface area (Å²) in [5.74, 6) is 2.75. The fourth-order valence-electron chi connectivity index (χ4n) is 5.98. The van der Waals surface area contributed by atoms with E-state index >= 15 is 0 Å². The Hall–Kier alpha value is -2.63. The lowest BCUT2D eigenvalue weighted by Crippen LogP contribution is -2.45. The number of hydrogen-bond acceptors (Lipinski definition) is 6. The molecule has 1 unspecified atom stereocenters. The van der Waals surface area contributed by atoms with Gasteiger partial charge in [0.05, 0.1) is 41.0 Å². The maximum absolute atomic E-state index is 12.8. The van der Waals surface area contributed by atoms with Crippen molar-refractivity contribution >= 4 is 5.78 Å². The van der Waals surface area contributed by atoms with E-state index in [-0.39, 0.29) is 17.0 Å². The molecule has 0 amide bonds. The third-order valence-corrected chi connectivity index (χ3v) is 7.28. The summed E-state index contributed by atoms with van der Waals surface area (Å²) in [5, 5.41) is 0. The van der Waals surface area contributed by atoms with Gasteiger partial charge in [0, 0.05) is 5.56 Å². The highest BCUT2D eigenvalue weighted by Crippen LogP contribution is 2.72. The van der Waals surface area contributed by atoms with Crippen molar-refractivity contribution in [2.45, 2.75) is 32.1 Å². The van der Waals surface area contributed by atoms with E-state index in [0.717, 1.165) is 29.5 Å². The Labute approximate surface area is 171 Å². The number of carbonyl (C=O) groups excluding carboxylic acids is 1. The normalized spacial score (nSPS) is 29.7. The van der Waals surface area contributed by atoms with Crippen molar-refractivity contribution < 1.29 is 28.5 Å². The molecule has 1 spiro atoms. The number of allylic oxidation sites excluding steroid dienone is 2. The van der Waals surface area contributed by atoms with Crippen LogP contribution in [0, 0.1) is 11.3 Å². The van der Waals surface area contributed by atoms with Gasteiger partial charge in [-0.2, -0.15) is 0 Å². The van der Waals surface area contributed by atoms with Gasteiger partial charge in [-0.3, -0.25) is 4.79 Å². The molecule has 0 heterocycles. The first-order chi connectivity index (χ1) is 13.8. The van der Waals surface area contributed by atoms with Crippen LogP contribution in [0.4, 0.5) is 0 Å². The van der Waals surface area contributed by atoms with Gasteiger partial charge < -0.3 is 23.7 Å². The molecule has 29 heavy (non-hydrogen) atoms. The van der Waals surface area contributed by atoms with Crippen molar-refractivity contribution in [2.24, 2.45) is 11.3 Å². The van der Waals surface area contributed by atoms with Gasteiger partial charge in [-0.05, 0) is 47.5 Å². The fraction of sp³-hybridized carbons (Fsp3) is 0.522. The molecular formula is C23H28O6. The molecule has 6 heteroatoms. The Kier molecular flexibility index (Phi) is 4.37. The van der Waals surface area contributed by atoms with Crippen LogP contribution in [0.5, 0.6) is 17.2 Å². The molecule has 1 aromatic rings. The van der Waals surface area contributed by atoms with Crippen molar-refractivity contribution in [3.05, 3.63) is 40.4 Å². The molecule has 0 N–H and O–H groups in total. The molecule has 0 aliphatic heterocycles. The van der Waals surface area contributed by atoms with Crippen molar-refractivity contribution in [2.75, 3.05) is 35.5 Å². The molecule has 0 radical (unpaired) electrons. The molecule has 1 aromatic carbocycles. The van der Waals surface area contributed by atoms with Crippen LogP contribution in [0.25, 0.3) is 0 Å². The zero-order valence-electron chi connectivity index (χ0n) is 18.1. The molecule has 3 aliphatic rings. The van der Waals surface area contributed by atoms with Crippen LogP contribution in [0.15, 0.2) is 29.2 Å². The van der Waals surface area contributed by atoms with Gasteiger partial charge in [0.1, 0.15) is 0 Å². The van der Waals surface area contributed by atoms with Crippen LogP contribution < -0.4 is 14.2 Å². The van der Waals surface area contributed by atoms with Crippen LogP contribution in [0.2, 0.25) is 0 Å². The highest BCUT2D eigenvalue weighted by Gasteiger charge is 2.69. The Morgan fingerprint density at radius 3 is 2.21 bits per heavy atom. The number of benzene rings is 1. The molecule has 0 bridgehead atoms. The summed E-state index contributed by atoms with van der Waals surface area (Å²) in [7, 11) is 7.97. The van der Waals surface area contributed by atoms with E-state index in [1.54, 1.807) is 34.5 Å². The van der Waals surface area contributed by atoms with Gasteiger partial charge in [0.15, 0.2) is 17.3 Å². The zero-order chi connectivity index (χ0) is 21.1. The third-order valence-electron chi connectivity index (χ3n) is 7.28. The van der Waals surface area contributed by atoms with Gasteiger partial charge in [-0.1, -0.05) is 13.8 Å². The highest BCUT2D eigenvalue weighted by molar-refractivity contribution is 6.06. The van der Waals surface area contributed by atoms with Crippen LogP contribution in [0.1, 0.15) is 31.4 Å². The minimum absolute atomic E-state index is 0.158. The molecule has 1 saturated carbocycles. The molecular weight excluding hydrogens is 372 g/mol. The summed E-state index contributed by atoms with van der Waals surface area (Å²) in [4.78, 5) is 12.8. The number of methoxy groups -OCH3 is 5. The quantitative estimate of drug-likeness (QED) is 0.753. The van der Waals surface area contributed by atoms with E-state index in [9.17, 15) is 4.79 Å². The second-order valence-electron chi connectivity index (χ2n) is 8.23. The van der Waals surface area contributed by atoms with Crippen LogP contribution in [-0.2, 0) is 26.1 Å². The summed E-state index contributed by atoms with van der Waals surface area (Å²) in [6, 6.07) is 2.02. The lowest BCUT2D eigenvalue weighted by atomic mass is 9.60. The number of ketones is 1. The maximum atomic E-state index is 12.8. The topological polar surface area (TPSA) is 63.2 Å². The number of fused-ring (bicyclic) bond motifs is 1. The Morgan fingerprint density at radius 1 is 0.966 bits per heavy atom. The molecule has 0 saturated heterocycles. The van der Waals surface area contributed by atoms with E-state index < -0.39 is 5.41 Å². The van der Waals surface area contributed by atoms with Gasteiger partial charge in [0.2, 0.25) is 17.3 Å². The number of rotatable bonds is 5. The lowest BCUT2D eigenvalue weighted by Gasteiger charge is -2.44. The van der Waals surface area contributed by atoms with E-state index in [1.807, 2.05) is 6.07 Å². The summed E-state index contributed by atoms with van der Waals surface area (Å²) in [5.41, 5.74) is 2.26. The zero-order valence-corrected chi connectivity index (χ0v) is 18.1. The van der Waals surface area contributed by atoms with E-state index in [0.29, 0.717) is 28.9 Å². The molecule has 3 atom stereocenters. The fourth-order valence-corrected chi connectivity index (χ4v) is 5.98. The number of carbonyl (C=O) groups is 1. The predicted octanol–water partition coefficient (Wildman–Crippen LogP) is 3.57. The molecule has 0 aromatic heterocycles. The van der Waals surface area contributed by atoms with Crippen molar-refractivity contribution in [3.8, 4) is 17.2 Å². The standard InChI is InChI=1S/C23H28O6/c1-12-8-14-10-15(24)18(26-4)21(29-7)23(14)17-13(11-22(12,23)2)9-16(25-3)19(27-5)20(17)28-6/h9-10,12H,8,11H2,1-7H3/t12-,22+,23?/m0/s1. The van der Waals surface area contributed by atoms with Gasteiger partial charge in [0.25, 0.3) is 0 Å². The Morgan fingerprint density at radius 2 is 1.66 bits per heavy atom. The second-order valence-corrected chi connectivity index (χ2v) is 8.23. The first-order valence-electron chi connectivity index (χ1n) is 9.76. The lowest BCUT2D eigenvalue weighted by molar-refractivity contribution is -0.115. The smallest absolute Gasteiger partial charge is 0.223 e. The first-order valence-corrected chi connectivity index (χ1v) is 9.76. The minimum Gasteiger partial charge on any atom is -0.496 e. The van der Waals surface area contributed by atoms with Crippen molar-refractivity contribution in [1.82, 2.24) is 0 Å². The van der Waals surface area contributed by atoms with Crippen LogP contribution in [-0.4, -0.2) is 41.3 Å². The second kappa shape index (κ2) is 6.44. The Balaban J connectivity index is 2.18. The van der Waals surface area contributed by atoms with Crippen LogP contribution in [0.3, 0.4) is 0 Å². The SMILES string of the molecule is COC1=C(OC)C23C(=CC1=O)C[C@H](C)[C@@]2(C)Cc1cc(OC)c(OC)c(OC)c13. The monoisotopic (exact) mass is 400 g/mol. The maximum Gasteiger partial charge on any atom is 0.223 e. The summed E-state index contributed by atoms with van der Waals surface area (Å²) in [6.45, 7) is 4.50. The summed E-state index contributed by atoms with van der Waals surface area (Å²) in [6.07, 6.45) is 3.34. The van der Waals surface area contributed by atoms with Gasteiger partial charge in [-0.15, -0.1) is 0 Å². The predicted molar refractivity (Wildman–Crippen MR) is 108 cm³/mol. The average molecular weight is 400 g/mol. The molecule has 1 fully saturated rings. The van der Waals surface area contributed by atoms with Crippen molar-refractivity contribution in [1.29, 1.82) is 0 Å². The number of hydrogen-bond donors (Lipinski definition) is 0. The largest absolute Gasteiger partial charge is 0.496 e. The molecule has 3 aliphatic carbocycles. The molecule has 4 rings (SSSR count). The Bertz CT molecular complexity index is 959. The van der Waals surface area contributed by atoms with E-state index in [2.05, 4.69) is 13.8 Å². The van der Waals surface area contributed by atoms with Gasteiger partial charge in [-0.25, -0.2) is 0 Å². The van der Waals surface area contributed by atoms with Crippen molar-refractivity contribution in [3.63, 3.8) is 0 Å². The number of ether oxygens (including phenoxy) is 5. The molecule has 156 valence electrons. The van der Waals surface area contributed by atoms with Gasteiger partial charge >= 0.3 is 0 Å². The van der Waals surface area contributed by atoms with Crippen LogP contribution >= 0.6 is 0 Å².